The van der Waals surface area contributed by atoms with E-state index in [0.717, 1.165) is 5.66 Å². The van der Waals surface area contributed by atoms with Crippen LogP contribution in [0.2, 0.25) is 0 Å². The first-order valence-corrected chi connectivity index (χ1v) is 11.5. The molecule has 0 nitrogen and oxygen atoms in total. The summed E-state index contributed by atoms with van der Waals surface area (Å²) in [6, 6.07) is 0. The minimum Gasteiger partial charge on any atom is -0.0652 e. The first kappa shape index (κ1) is 16.9. The van der Waals surface area contributed by atoms with Crippen LogP contribution in [-0.4, -0.2) is 18.0 Å². The predicted octanol–water partition coefficient (Wildman–Crippen LogP) is 6.49. The van der Waals surface area contributed by atoms with E-state index in [2.05, 4.69) is 43.2 Å². The Labute approximate surface area is 112 Å². The van der Waals surface area contributed by atoms with E-state index in [1.165, 1.54) is 57.3 Å². The van der Waals surface area contributed by atoms with Crippen LogP contribution in [0.3, 0.4) is 0 Å². The third-order valence-electron chi connectivity index (χ3n) is 3.51. The molecule has 0 spiro atoms. The Balaban J connectivity index is 4.44. The van der Waals surface area contributed by atoms with Crippen molar-refractivity contribution in [3.63, 3.8) is 0 Å². The predicted molar refractivity (Wildman–Crippen MR) is 84.4 cm³/mol. The van der Waals surface area contributed by atoms with Crippen molar-refractivity contribution in [3.05, 3.63) is 0 Å². The summed E-state index contributed by atoms with van der Waals surface area (Å²) in [5.41, 5.74) is 0.982. The average Bonchev–Trinajstić information content (AvgIpc) is 2.30. The van der Waals surface area contributed by atoms with Crippen molar-refractivity contribution in [2.45, 2.75) is 78.3 Å². The van der Waals surface area contributed by atoms with Gasteiger partial charge in [0.2, 0.25) is 0 Å². The zero-order chi connectivity index (χ0) is 12.4. The highest BCUT2D eigenvalue weighted by Gasteiger charge is 2.41. The van der Waals surface area contributed by atoms with E-state index in [1.54, 1.807) is 0 Å². The fourth-order valence-electron chi connectivity index (χ4n) is 2.41. The van der Waals surface area contributed by atoms with Crippen LogP contribution < -0.4 is 0 Å². The van der Waals surface area contributed by atoms with Gasteiger partial charge in [-0.3, -0.25) is 0 Å². The Bertz CT molecular complexity index is 151. The van der Waals surface area contributed by atoms with E-state index in [9.17, 15) is 0 Å². The molecule has 0 bridgehead atoms. The standard InChI is InChI=1S/C14H31BrP/c1-5-9-12-16(15,13-10-6-2)14(8-4)11-7-3/h14H,5-13H2,1-4H3/q+1. The van der Waals surface area contributed by atoms with E-state index in [-0.39, 0.29) is 0 Å². The van der Waals surface area contributed by atoms with Gasteiger partial charge in [-0.15, -0.1) is 0 Å². The van der Waals surface area contributed by atoms with Crippen LogP contribution >= 0.6 is 21.5 Å². The Morgan fingerprint density at radius 3 is 1.69 bits per heavy atom. The largest absolute Gasteiger partial charge is 0.139 e. The summed E-state index contributed by atoms with van der Waals surface area (Å²) in [4.78, 5) is 0. The summed E-state index contributed by atoms with van der Waals surface area (Å²) in [7, 11) is 0. The highest BCUT2D eigenvalue weighted by atomic mass is 79.9. The van der Waals surface area contributed by atoms with Crippen molar-refractivity contribution in [1.82, 2.24) is 0 Å². The summed E-state index contributed by atoms with van der Waals surface area (Å²) in [5.74, 6) is -0.817. The van der Waals surface area contributed by atoms with Crippen LogP contribution in [0.15, 0.2) is 0 Å². The summed E-state index contributed by atoms with van der Waals surface area (Å²) in [5, 5.41) is 0. The van der Waals surface area contributed by atoms with Crippen molar-refractivity contribution in [3.8, 4) is 0 Å². The molecule has 0 fully saturated rings. The van der Waals surface area contributed by atoms with Crippen molar-refractivity contribution in [1.29, 1.82) is 0 Å². The van der Waals surface area contributed by atoms with Crippen molar-refractivity contribution >= 4 is 21.5 Å². The maximum absolute atomic E-state index is 4.23. The van der Waals surface area contributed by atoms with Gasteiger partial charge in [-0.1, -0.05) is 47.0 Å². The zero-order valence-corrected chi connectivity index (χ0v) is 14.2. The van der Waals surface area contributed by atoms with Crippen LogP contribution in [0, 0.1) is 0 Å². The van der Waals surface area contributed by atoms with Gasteiger partial charge in [0, 0.05) is 0 Å². The second-order valence-corrected chi connectivity index (χ2v) is 12.6. The molecule has 0 amide bonds. The SMILES string of the molecule is CCCC[P+](Br)(CCCC)C(CC)CCC. The van der Waals surface area contributed by atoms with Gasteiger partial charge in [-0.25, -0.2) is 0 Å². The summed E-state index contributed by atoms with van der Waals surface area (Å²) in [6.07, 6.45) is 12.6. The number of rotatable bonds is 10. The lowest BCUT2D eigenvalue weighted by Crippen LogP contribution is -2.14. The fourth-order valence-corrected chi connectivity index (χ4v) is 9.42. The van der Waals surface area contributed by atoms with Crippen molar-refractivity contribution in [2.75, 3.05) is 12.3 Å². The maximum Gasteiger partial charge on any atom is 0.139 e. The van der Waals surface area contributed by atoms with Gasteiger partial charge in [0.15, 0.2) is 0 Å². The van der Waals surface area contributed by atoms with Gasteiger partial charge in [0.05, 0.1) is 23.9 Å². The lowest BCUT2D eigenvalue weighted by atomic mass is 10.2. The van der Waals surface area contributed by atoms with Gasteiger partial charge in [-0.05, 0) is 25.7 Å². The molecule has 1 unspecified atom stereocenters. The molecular formula is C14H31BrP+. The van der Waals surface area contributed by atoms with Crippen molar-refractivity contribution < 1.29 is 0 Å². The van der Waals surface area contributed by atoms with E-state index < -0.39 is 5.96 Å². The molecule has 0 aliphatic heterocycles. The van der Waals surface area contributed by atoms with Crippen LogP contribution in [0.4, 0.5) is 0 Å². The molecule has 0 aromatic carbocycles. The molecule has 2 heteroatoms. The molecule has 1 atom stereocenters. The molecule has 0 N–H and O–H groups in total. The van der Waals surface area contributed by atoms with E-state index >= 15 is 0 Å². The van der Waals surface area contributed by atoms with Crippen LogP contribution in [0.25, 0.3) is 0 Å². The number of halogens is 1. The highest BCUT2D eigenvalue weighted by Crippen LogP contribution is 2.72. The molecule has 0 rings (SSSR count). The van der Waals surface area contributed by atoms with Gasteiger partial charge < -0.3 is 0 Å². The Kier molecular flexibility index (Phi) is 10.5. The summed E-state index contributed by atoms with van der Waals surface area (Å²) >= 11 is 4.23. The summed E-state index contributed by atoms with van der Waals surface area (Å²) in [6.45, 7) is 9.35. The van der Waals surface area contributed by atoms with Crippen LogP contribution in [0.1, 0.15) is 72.6 Å². The molecule has 0 aromatic rings. The fraction of sp³-hybridized carbons (Fsp3) is 1.00. The summed E-state index contributed by atoms with van der Waals surface area (Å²) < 4.78 is 0. The highest BCUT2D eigenvalue weighted by molar-refractivity contribution is 9.42. The first-order chi connectivity index (χ1) is 7.64. The van der Waals surface area contributed by atoms with Crippen LogP contribution in [-0.2, 0) is 0 Å². The second kappa shape index (κ2) is 9.89. The van der Waals surface area contributed by atoms with Crippen LogP contribution in [0.5, 0.6) is 0 Å². The van der Waals surface area contributed by atoms with E-state index in [1.807, 2.05) is 0 Å². The monoisotopic (exact) mass is 309 g/mol. The quantitative estimate of drug-likeness (QED) is 0.404. The smallest absolute Gasteiger partial charge is 0.0652 e. The Morgan fingerprint density at radius 2 is 1.38 bits per heavy atom. The topological polar surface area (TPSA) is 0 Å². The molecule has 0 radical (unpaired) electrons. The number of hydrogen-bond acceptors (Lipinski definition) is 0. The first-order valence-electron chi connectivity index (χ1n) is 7.20. The average molecular weight is 310 g/mol. The molecule has 0 aromatic heterocycles. The molecule has 0 aliphatic carbocycles. The molecule has 0 aliphatic rings. The molecule has 16 heavy (non-hydrogen) atoms. The van der Waals surface area contributed by atoms with Gasteiger partial charge in [-0.2, -0.15) is 0 Å². The minimum atomic E-state index is -0.817. The number of unbranched alkanes of at least 4 members (excludes halogenated alkanes) is 2. The second-order valence-electron chi connectivity index (χ2n) is 4.93. The molecule has 0 heterocycles. The zero-order valence-electron chi connectivity index (χ0n) is 11.8. The molecule has 98 valence electrons. The van der Waals surface area contributed by atoms with Crippen molar-refractivity contribution in [2.24, 2.45) is 0 Å². The molecule has 0 saturated heterocycles. The number of hydrogen-bond donors (Lipinski definition) is 0. The van der Waals surface area contributed by atoms with E-state index in [0.29, 0.717) is 0 Å². The third-order valence-corrected chi connectivity index (χ3v) is 11.4. The Morgan fingerprint density at radius 1 is 0.875 bits per heavy atom. The van der Waals surface area contributed by atoms with Gasteiger partial charge in [0.1, 0.15) is 15.5 Å². The Hall–Kier alpha value is 0.910. The van der Waals surface area contributed by atoms with Gasteiger partial charge in [0.25, 0.3) is 0 Å². The minimum absolute atomic E-state index is 0.817. The molecule has 0 saturated carbocycles. The third kappa shape index (κ3) is 6.01. The lowest BCUT2D eigenvalue weighted by molar-refractivity contribution is 0.699. The normalized spacial score (nSPS) is 14.1. The van der Waals surface area contributed by atoms with Gasteiger partial charge >= 0.3 is 0 Å². The molecular weight excluding hydrogens is 279 g/mol. The van der Waals surface area contributed by atoms with E-state index in [4.69, 9.17) is 0 Å². The lowest BCUT2D eigenvalue weighted by Gasteiger charge is -2.28. The maximum atomic E-state index is 4.23.